The van der Waals surface area contributed by atoms with Gasteiger partial charge < -0.3 is 10.2 Å². The van der Waals surface area contributed by atoms with Crippen LogP contribution in [0.15, 0.2) is 0 Å². The monoisotopic (exact) mass is 294 g/mol. The zero-order valence-electron chi connectivity index (χ0n) is 14.7. The van der Waals surface area contributed by atoms with E-state index in [-0.39, 0.29) is 0 Å². The number of hydrogen-bond acceptors (Lipinski definition) is 2. The highest BCUT2D eigenvalue weighted by Crippen LogP contribution is 2.30. The van der Waals surface area contributed by atoms with Gasteiger partial charge in [0.25, 0.3) is 0 Å². The molecule has 1 aliphatic heterocycles. The molecule has 1 unspecified atom stereocenters. The maximum absolute atomic E-state index is 3.84. The van der Waals surface area contributed by atoms with Gasteiger partial charge in [-0.05, 0) is 76.5 Å². The van der Waals surface area contributed by atoms with Crippen LogP contribution in [0.1, 0.15) is 72.1 Å². The molecule has 1 atom stereocenters. The number of piperidine rings is 1. The van der Waals surface area contributed by atoms with Gasteiger partial charge in [0, 0.05) is 6.04 Å². The lowest BCUT2D eigenvalue weighted by molar-refractivity contribution is 0.161. The van der Waals surface area contributed by atoms with Crippen molar-refractivity contribution in [3.8, 4) is 0 Å². The molecular weight excluding hydrogens is 256 g/mol. The number of hydrogen-bond donors (Lipinski definition) is 1. The summed E-state index contributed by atoms with van der Waals surface area (Å²) in [5.74, 6) is 2.90. The van der Waals surface area contributed by atoms with Crippen molar-refractivity contribution in [3.63, 3.8) is 0 Å². The molecule has 0 spiro atoms. The molecule has 2 fully saturated rings. The fourth-order valence-corrected chi connectivity index (χ4v) is 4.29. The van der Waals surface area contributed by atoms with Crippen LogP contribution < -0.4 is 5.32 Å². The molecule has 2 rings (SSSR count). The van der Waals surface area contributed by atoms with Crippen LogP contribution in [0.4, 0.5) is 0 Å². The predicted molar refractivity (Wildman–Crippen MR) is 92.7 cm³/mol. The highest BCUT2D eigenvalue weighted by Gasteiger charge is 2.23. The predicted octanol–water partition coefficient (Wildman–Crippen LogP) is 4.30. The Kier molecular flexibility index (Phi) is 7.53. The maximum atomic E-state index is 3.84. The highest BCUT2D eigenvalue weighted by molar-refractivity contribution is 4.80. The van der Waals surface area contributed by atoms with E-state index in [1.54, 1.807) is 0 Å². The molecule has 0 aromatic heterocycles. The van der Waals surface area contributed by atoms with E-state index in [9.17, 15) is 0 Å². The van der Waals surface area contributed by atoms with Crippen molar-refractivity contribution in [2.75, 3.05) is 26.2 Å². The second-order valence-corrected chi connectivity index (χ2v) is 7.84. The number of nitrogens with one attached hydrogen (secondary N) is 1. The third-order valence-electron chi connectivity index (χ3n) is 6.03. The molecule has 1 saturated carbocycles. The average Bonchev–Trinajstić information content (AvgIpc) is 2.50. The van der Waals surface area contributed by atoms with E-state index in [4.69, 9.17) is 0 Å². The van der Waals surface area contributed by atoms with Crippen LogP contribution in [-0.2, 0) is 0 Å². The molecule has 0 bridgehead atoms. The zero-order chi connectivity index (χ0) is 15.1. The summed E-state index contributed by atoms with van der Waals surface area (Å²) in [6.45, 7) is 12.3. The third kappa shape index (κ3) is 5.90. The lowest BCUT2D eigenvalue weighted by atomic mass is 9.81. The van der Waals surface area contributed by atoms with Crippen molar-refractivity contribution in [1.82, 2.24) is 10.2 Å². The van der Waals surface area contributed by atoms with Crippen molar-refractivity contribution in [3.05, 3.63) is 0 Å². The lowest BCUT2D eigenvalue weighted by Gasteiger charge is -2.35. The van der Waals surface area contributed by atoms with Crippen molar-refractivity contribution in [1.29, 1.82) is 0 Å². The van der Waals surface area contributed by atoms with Gasteiger partial charge in [-0.25, -0.2) is 0 Å². The molecule has 0 aromatic carbocycles. The van der Waals surface area contributed by atoms with Gasteiger partial charge >= 0.3 is 0 Å². The molecule has 1 aliphatic carbocycles. The van der Waals surface area contributed by atoms with Crippen molar-refractivity contribution in [2.24, 2.45) is 17.8 Å². The SMILES string of the molecule is CCCN1CCC(C(C)NCCC2CCC(C)CC2)CC1. The third-order valence-corrected chi connectivity index (χ3v) is 6.03. The van der Waals surface area contributed by atoms with E-state index in [0.717, 1.165) is 23.8 Å². The largest absolute Gasteiger partial charge is 0.314 e. The lowest BCUT2D eigenvalue weighted by Crippen LogP contribution is -2.42. The fourth-order valence-electron chi connectivity index (χ4n) is 4.29. The summed E-state index contributed by atoms with van der Waals surface area (Å²) in [7, 11) is 0. The minimum atomic E-state index is 0.719. The van der Waals surface area contributed by atoms with E-state index in [0.29, 0.717) is 0 Å². The van der Waals surface area contributed by atoms with Gasteiger partial charge in [-0.2, -0.15) is 0 Å². The quantitative estimate of drug-likeness (QED) is 0.753. The molecule has 2 aliphatic rings. The van der Waals surface area contributed by atoms with E-state index in [1.165, 1.54) is 77.5 Å². The van der Waals surface area contributed by atoms with Gasteiger partial charge in [0.1, 0.15) is 0 Å². The summed E-state index contributed by atoms with van der Waals surface area (Å²) >= 11 is 0. The molecule has 2 heteroatoms. The number of rotatable bonds is 7. The van der Waals surface area contributed by atoms with Gasteiger partial charge in [-0.3, -0.25) is 0 Å². The summed E-state index contributed by atoms with van der Waals surface area (Å²) in [4.78, 5) is 2.65. The van der Waals surface area contributed by atoms with Gasteiger partial charge in [0.05, 0.1) is 0 Å². The Bertz CT molecular complexity index is 263. The molecule has 1 heterocycles. The summed E-state index contributed by atoms with van der Waals surface area (Å²) < 4.78 is 0. The Morgan fingerprint density at radius 2 is 1.71 bits per heavy atom. The van der Waals surface area contributed by atoms with Crippen LogP contribution in [-0.4, -0.2) is 37.1 Å². The Morgan fingerprint density at radius 1 is 1.05 bits per heavy atom. The van der Waals surface area contributed by atoms with E-state index in [2.05, 4.69) is 31.0 Å². The van der Waals surface area contributed by atoms with Crippen molar-refractivity contribution < 1.29 is 0 Å². The van der Waals surface area contributed by atoms with E-state index in [1.807, 2.05) is 0 Å². The highest BCUT2D eigenvalue weighted by atomic mass is 15.1. The molecule has 0 aromatic rings. The minimum Gasteiger partial charge on any atom is -0.314 e. The summed E-state index contributed by atoms with van der Waals surface area (Å²) in [6.07, 6.45) is 11.4. The second kappa shape index (κ2) is 9.15. The fraction of sp³-hybridized carbons (Fsp3) is 1.00. The molecule has 0 radical (unpaired) electrons. The first kappa shape index (κ1) is 17.3. The molecule has 1 N–H and O–H groups in total. The minimum absolute atomic E-state index is 0.719. The topological polar surface area (TPSA) is 15.3 Å². The van der Waals surface area contributed by atoms with Crippen LogP contribution >= 0.6 is 0 Å². The van der Waals surface area contributed by atoms with Crippen molar-refractivity contribution in [2.45, 2.75) is 78.2 Å². The average molecular weight is 295 g/mol. The normalized spacial score (nSPS) is 30.4. The van der Waals surface area contributed by atoms with Crippen LogP contribution in [0.5, 0.6) is 0 Å². The first-order valence-corrected chi connectivity index (χ1v) is 9.64. The van der Waals surface area contributed by atoms with Crippen LogP contribution in [0, 0.1) is 17.8 Å². The van der Waals surface area contributed by atoms with Crippen LogP contribution in [0.25, 0.3) is 0 Å². The van der Waals surface area contributed by atoms with E-state index >= 15 is 0 Å². The van der Waals surface area contributed by atoms with Crippen LogP contribution in [0.2, 0.25) is 0 Å². The first-order valence-electron chi connectivity index (χ1n) is 9.64. The molecule has 21 heavy (non-hydrogen) atoms. The van der Waals surface area contributed by atoms with Gasteiger partial charge in [-0.15, -0.1) is 0 Å². The Hall–Kier alpha value is -0.0800. The molecule has 0 amide bonds. The first-order chi connectivity index (χ1) is 10.2. The smallest absolute Gasteiger partial charge is 0.00679 e. The number of nitrogens with zero attached hydrogens (tertiary/aromatic N) is 1. The van der Waals surface area contributed by atoms with Crippen LogP contribution in [0.3, 0.4) is 0 Å². The number of likely N-dealkylation sites (tertiary alicyclic amines) is 1. The van der Waals surface area contributed by atoms with Crippen molar-refractivity contribution >= 4 is 0 Å². The Labute approximate surface area is 133 Å². The van der Waals surface area contributed by atoms with E-state index < -0.39 is 0 Å². The maximum Gasteiger partial charge on any atom is 0.00679 e. The summed E-state index contributed by atoms with van der Waals surface area (Å²) in [6, 6.07) is 0.719. The second-order valence-electron chi connectivity index (χ2n) is 7.84. The molecule has 2 nitrogen and oxygen atoms in total. The Morgan fingerprint density at radius 3 is 2.33 bits per heavy atom. The summed E-state index contributed by atoms with van der Waals surface area (Å²) in [5, 5.41) is 3.84. The molecular formula is C19H38N2. The summed E-state index contributed by atoms with van der Waals surface area (Å²) in [5.41, 5.74) is 0. The Balaban J connectivity index is 1.56. The molecule has 124 valence electrons. The van der Waals surface area contributed by atoms with Gasteiger partial charge in [0.2, 0.25) is 0 Å². The van der Waals surface area contributed by atoms with Gasteiger partial charge in [-0.1, -0.05) is 39.5 Å². The van der Waals surface area contributed by atoms with Gasteiger partial charge in [0.15, 0.2) is 0 Å². The standard InChI is InChI=1S/C19H38N2/c1-4-13-21-14-10-19(11-15-21)17(3)20-12-9-18-7-5-16(2)6-8-18/h16-20H,4-15H2,1-3H3. The molecule has 1 saturated heterocycles. The zero-order valence-corrected chi connectivity index (χ0v) is 14.7.